The van der Waals surface area contributed by atoms with E-state index in [1.807, 2.05) is 16.7 Å². The lowest BCUT2D eigenvalue weighted by Crippen LogP contribution is -2.15. The Morgan fingerprint density at radius 2 is 1.73 bits per heavy atom. The first-order valence-corrected chi connectivity index (χ1v) is 8.00. The van der Waals surface area contributed by atoms with Gasteiger partial charge in [-0.3, -0.25) is 4.79 Å². The van der Waals surface area contributed by atoms with Gasteiger partial charge in [-0.25, -0.2) is 9.97 Å². The van der Waals surface area contributed by atoms with E-state index in [1.165, 1.54) is 0 Å². The third-order valence-corrected chi connectivity index (χ3v) is 3.37. The molecular formula is C17H22N8O. The minimum absolute atomic E-state index is 0.0313. The van der Waals surface area contributed by atoms with Gasteiger partial charge >= 0.3 is 0 Å². The molecule has 3 rings (SSSR count). The van der Waals surface area contributed by atoms with E-state index in [4.69, 9.17) is 17.2 Å². The highest BCUT2D eigenvalue weighted by Gasteiger charge is 2.10. The van der Waals surface area contributed by atoms with E-state index in [-0.39, 0.29) is 12.3 Å². The van der Waals surface area contributed by atoms with Gasteiger partial charge in [0, 0.05) is 6.04 Å². The molecule has 0 aliphatic heterocycles. The Bertz CT molecular complexity index is 874. The summed E-state index contributed by atoms with van der Waals surface area (Å²) in [6.45, 7) is 4.11. The number of carbonyl (C=O) groups is 1. The highest BCUT2D eigenvalue weighted by molar-refractivity contribution is 5.95. The molecule has 9 nitrogen and oxygen atoms in total. The molecule has 0 unspecified atom stereocenters. The molecule has 0 bridgehead atoms. The first-order valence-electron chi connectivity index (χ1n) is 8.00. The molecule has 0 aliphatic carbocycles. The van der Waals surface area contributed by atoms with E-state index in [1.54, 1.807) is 30.6 Å². The number of Topliss-reactive ketones (excluding diaryl/α,β-unsaturated/α-hetero) is 1. The molecular weight excluding hydrogens is 332 g/mol. The summed E-state index contributed by atoms with van der Waals surface area (Å²) in [7, 11) is 0. The second-order valence-electron chi connectivity index (χ2n) is 5.68. The fourth-order valence-corrected chi connectivity index (χ4v) is 2.09. The topological polar surface area (TPSA) is 152 Å². The third-order valence-electron chi connectivity index (χ3n) is 3.37. The minimum Gasteiger partial charge on any atom is -0.384 e. The predicted molar refractivity (Wildman–Crippen MR) is 100 cm³/mol. The van der Waals surface area contributed by atoms with Gasteiger partial charge < -0.3 is 21.8 Å². The van der Waals surface area contributed by atoms with Crippen molar-refractivity contribution in [2.24, 2.45) is 5.73 Å². The molecule has 3 heterocycles. The summed E-state index contributed by atoms with van der Waals surface area (Å²) >= 11 is 0. The van der Waals surface area contributed by atoms with Crippen molar-refractivity contribution in [3.05, 3.63) is 48.4 Å². The number of hydrogen-bond donors (Lipinski definition) is 3. The Labute approximate surface area is 151 Å². The van der Waals surface area contributed by atoms with Crippen LogP contribution in [0.15, 0.2) is 42.7 Å². The van der Waals surface area contributed by atoms with Crippen LogP contribution in [0.4, 0.5) is 11.6 Å². The molecule has 0 aromatic carbocycles. The summed E-state index contributed by atoms with van der Waals surface area (Å²) in [5.74, 6) is 1.38. The summed E-state index contributed by atoms with van der Waals surface area (Å²) in [4.78, 5) is 18.9. The van der Waals surface area contributed by atoms with Gasteiger partial charge in [-0.05, 0) is 38.1 Å². The maximum absolute atomic E-state index is 10.9. The van der Waals surface area contributed by atoms with E-state index < -0.39 is 0 Å². The van der Waals surface area contributed by atoms with Crippen molar-refractivity contribution >= 4 is 17.4 Å². The van der Waals surface area contributed by atoms with Crippen LogP contribution in [0.25, 0.3) is 11.5 Å². The molecule has 0 atom stereocenters. The normalized spacial score (nSPS) is 10.3. The number of hydrogen-bond acceptors (Lipinski definition) is 8. The van der Waals surface area contributed by atoms with Gasteiger partial charge in [0.05, 0.1) is 6.54 Å². The number of anilines is 2. The second kappa shape index (κ2) is 8.67. The van der Waals surface area contributed by atoms with Crippen LogP contribution in [0.3, 0.4) is 0 Å². The van der Waals surface area contributed by atoms with Crippen molar-refractivity contribution in [1.29, 1.82) is 0 Å². The minimum atomic E-state index is -0.197. The molecule has 136 valence electrons. The largest absolute Gasteiger partial charge is 0.384 e. The number of pyridine rings is 2. The van der Waals surface area contributed by atoms with Crippen LogP contribution >= 0.6 is 0 Å². The quantitative estimate of drug-likeness (QED) is 0.593. The maximum Gasteiger partial charge on any atom is 0.194 e. The Hall–Kier alpha value is -3.33. The van der Waals surface area contributed by atoms with E-state index >= 15 is 0 Å². The molecule has 0 saturated heterocycles. The van der Waals surface area contributed by atoms with Gasteiger partial charge in [0.25, 0.3) is 0 Å². The lowest BCUT2D eigenvalue weighted by molar-refractivity contribution is 0.0997. The zero-order chi connectivity index (χ0) is 19.1. The summed E-state index contributed by atoms with van der Waals surface area (Å²) in [6.07, 6.45) is 1.70. The Kier molecular flexibility index (Phi) is 6.34. The molecule has 0 radical (unpaired) electrons. The van der Waals surface area contributed by atoms with Crippen LogP contribution in [0.5, 0.6) is 0 Å². The van der Waals surface area contributed by atoms with Crippen molar-refractivity contribution in [1.82, 2.24) is 24.7 Å². The summed E-state index contributed by atoms with van der Waals surface area (Å²) < 4.78 is 1.96. The molecule has 0 aliphatic rings. The Morgan fingerprint density at radius 1 is 1.08 bits per heavy atom. The lowest BCUT2D eigenvalue weighted by atomic mass is 10.2. The van der Waals surface area contributed by atoms with Crippen molar-refractivity contribution < 1.29 is 4.79 Å². The standard InChI is InChI=1S/C10H13N5.C7H9N3O/c1-7(2)15-6-12-14-10(15)8-4-3-5-9(11)13-8;8-4-6(11)5-2-1-3-7(9)10-5/h3-7H,1-2H3,(H2,11,13);1-3H,4,8H2,(H2,9,10). The average Bonchev–Trinajstić information content (AvgIpc) is 3.12. The Balaban J connectivity index is 0.000000197. The Morgan fingerprint density at radius 3 is 2.31 bits per heavy atom. The summed E-state index contributed by atoms with van der Waals surface area (Å²) in [5.41, 5.74) is 17.2. The van der Waals surface area contributed by atoms with Crippen LogP contribution in [0.2, 0.25) is 0 Å². The molecule has 3 aromatic heterocycles. The monoisotopic (exact) mass is 354 g/mol. The molecule has 9 heteroatoms. The molecule has 26 heavy (non-hydrogen) atoms. The first-order chi connectivity index (χ1) is 12.4. The molecule has 0 saturated carbocycles. The predicted octanol–water partition coefficient (Wildman–Crippen LogP) is 1.31. The van der Waals surface area contributed by atoms with Gasteiger partial charge in [0.1, 0.15) is 29.4 Å². The molecule has 3 aromatic rings. The molecule has 6 N–H and O–H groups in total. The van der Waals surface area contributed by atoms with Gasteiger partial charge in [0.2, 0.25) is 0 Å². The fourth-order valence-electron chi connectivity index (χ4n) is 2.09. The summed E-state index contributed by atoms with van der Waals surface area (Å²) in [5, 5.41) is 7.93. The highest BCUT2D eigenvalue weighted by atomic mass is 16.1. The smallest absolute Gasteiger partial charge is 0.194 e. The van der Waals surface area contributed by atoms with Crippen molar-refractivity contribution in [3.8, 4) is 11.5 Å². The molecule has 0 fully saturated rings. The van der Waals surface area contributed by atoms with Gasteiger partial charge in [-0.15, -0.1) is 10.2 Å². The van der Waals surface area contributed by atoms with Gasteiger partial charge in [0.15, 0.2) is 11.6 Å². The van der Waals surface area contributed by atoms with E-state index in [0.717, 1.165) is 11.5 Å². The van der Waals surface area contributed by atoms with E-state index in [9.17, 15) is 4.79 Å². The van der Waals surface area contributed by atoms with Crippen LogP contribution in [-0.4, -0.2) is 37.1 Å². The second-order valence-corrected chi connectivity index (χ2v) is 5.68. The first kappa shape index (κ1) is 19.0. The zero-order valence-electron chi connectivity index (χ0n) is 14.7. The number of carbonyl (C=O) groups excluding carboxylic acids is 1. The van der Waals surface area contributed by atoms with Crippen LogP contribution in [0, 0.1) is 0 Å². The number of aromatic nitrogens is 5. The lowest BCUT2D eigenvalue weighted by Gasteiger charge is -2.09. The number of ketones is 1. The van der Waals surface area contributed by atoms with Crippen molar-refractivity contribution in [2.75, 3.05) is 18.0 Å². The number of rotatable bonds is 4. The van der Waals surface area contributed by atoms with Crippen molar-refractivity contribution in [2.45, 2.75) is 19.9 Å². The van der Waals surface area contributed by atoms with E-state index in [2.05, 4.69) is 34.0 Å². The van der Waals surface area contributed by atoms with Crippen LogP contribution in [-0.2, 0) is 0 Å². The fraction of sp³-hybridized carbons (Fsp3) is 0.235. The van der Waals surface area contributed by atoms with E-state index in [0.29, 0.717) is 23.4 Å². The molecule has 0 spiro atoms. The number of nitrogen functional groups attached to an aromatic ring is 2. The maximum atomic E-state index is 10.9. The summed E-state index contributed by atoms with van der Waals surface area (Å²) in [6, 6.07) is 10.7. The van der Waals surface area contributed by atoms with Gasteiger partial charge in [-0.2, -0.15) is 0 Å². The average molecular weight is 354 g/mol. The zero-order valence-corrected chi connectivity index (χ0v) is 14.7. The third kappa shape index (κ3) is 4.84. The SMILES string of the molecule is CC(C)n1cnnc1-c1cccc(N)n1.NCC(=O)c1cccc(N)n1. The molecule has 0 amide bonds. The van der Waals surface area contributed by atoms with Crippen LogP contribution in [0.1, 0.15) is 30.4 Å². The highest BCUT2D eigenvalue weighted by Crippen LogP contribution is 2.18. The van der Waals surface area contributed by atoms with Crippen LogP contribution < -0.4 is 17.2 Å². The van der Waals surface area contributed by atoms with Crippen molar-refractivity contribution in [3.63, 3.8) is 0 Å². The van der Waals surface area contributed by atoms with Gasteiger partial charge in [-0.1, -0.05) is 12.1 Å². The number of nitrogens with zero attached hydrogens (tertiary/aromatic N) is 5. The number of nitrogens with two attached hydrogens (primary N) is 3.